The van der Waals surface area contributed by atoms with E-state index in [1.807, 2.05) is 96.9 Å². The first-order valence-corrected chi connectivity index (χ1v) is 34.4. The van der Waals surface area contributed by atoms with Gasteiger partial charge < -0.3 is 80.8 Å². The molecule has 2 atom stereocenters. The molecule has 5 aromatic rings. The van der Waals surface area contributed by atoms with Crippen LogP contribution in [-0.2, 0) is 102 Å². The van der Waals surface area contributed by atoms with Gasteiger partial charge in [-0.05, 0) is 77.2 Å². The molecule has 5 aromatic carbocycles. The molecule has 101 heavy (non-hydrogen) atoms. The molecule has 5 aliphatic heterocycles. The number of aliphatic imine (C=N–C) groups is 2. The number of anilines is 3. The van der Waals surface area contributed by atoms with Crippen molar-refractivity contribution in [2.45, 2.75) is 64.3 Å². The van der Waals surface area contributed by atoms with Crippen LogP contribution in [0, 0.1) is 6.92 Å². The van der Waals surface area contributed by atoms with Crippen LogP contribution in [0.1, 0.15) is 67.8 Å². The minimum absolute atomic E-state index is 0.0475. The van der Waals surface area contributed by atoms with Crippen molar-refractivity contribution in [2.75, 3.05) is 194 Å². The lowest BCUT2D eigenvalue weighted by Gasteiger charge is -2.23. The van der Waals surface area contributed by atoms with Gasteiger partial charge in [-0.3, -0.25) is 39.0 Å². The highest BCUT2D eigenvalue weighted by Crippen LogP contribution is 2.42. The van der Waals surface area contributed by atoms with E-state index in [-0.39, 0.29) is 69.6 Å². The monoisotopic (exact) mass is 1400 g/mol. The Morgan fingerprint density at radius 3 is 1.29 bits per heavy atom. The van der Waals surface area contributed by atoms with Gasteiger partial charge in [0.2, 0.25) is 0 Å². The topological polar surface area (TPSA) is 271 Å². The third-order valence-corrected chi connectivity index (χ3v) is 16.8. The standard InChI is InChI=1S/C74H92N6O21/c1-53-40-61-63(75-49-59-44-56-8-4-6-10-65(56)78(59)73(61)84)47-67(53)99-51-54-41-55(52-100-69-48-64-62(46-68(69)86-3)74(85)79-60(50-76-64)45-57-9-5-7-11-66(57)79)43-58(42-54)77(2)15-17-88-19-21-90-23-25-92-27-29-94-31-33-96-35-37-98-39-38-97-36-34-95-32-30-93-28-26-91-24-22-89-20-18-87-16-14-72(83)101-80-70(81)12-13-71(80)82/h4-11,40-43,46-50,59-60H,12-39,44-45,51-52H2,1-3H3/t59-,60-/m0/s1. The summed E-state index contributed by atoms with van der Waals surface area (Å²) in [6, 6.07) is 29.0. The van der Waals surface area contributed by atoms with E-state index in [0.29, 0.717) is 210 Å². The molecule has 544 valence electrons. The maximum absolute atomic E-state index is 14.1. The molecule has 0 aromatic heterocycles. The van der Waals surface area contributed by atoms with Crippen LogP contribution in [0.25, 0.3) is 0 Å². The largest absolute Gasteiger partial charge is 0.493 e. The summed E-state index contributed by atoms with van der Waals surface area (Å²) in [7, 11) is 3.57. The average molecular weight is 1400 g/mol. The number of benzene rings is 5. The molecule has 10 rings (SSSR count). The lowest BCUT2D eigenvalue weighted by molar-refractivity contribution is -0.198. The number of rotatable bonds is 48. The van der Waals surface area contributed by atoms with Crippen molar-refractivity contribution in [3.63, 3.8) is 0 Å². The van der Waals surface area contributed by atoms with E-state index in [1.54, 1.807) is 19.2 Å². The summed E-state index contributed by atoms with van der Waals surface area (Å²) in [5, 5.41) is 0.517. The van der Waals surface area contributed by atoms with Crippen LogP contribution in [0.5, 0.6) is 17.2 Å². The molecule has 0 radical (unpaired) electrons. The predicted molar refractivity (Wildman–Crippen MR) is 372 cm³/mol. The van der Waals surface area contributed by atoms with Crippen molar-refractivity contribution in [2.24, 2.45) is 9.98 Å². The van der Waals surface area contributed by atoms with Crippen LogP contribution in [0.15, 0.2) is 101 Å². The van der Waals surface area contributed by atoms with Gasteiger partial charge in [0.1, 0.15) is 19.0 Å². The summed E-state index contributed by atoms with van der Waals surface area (Å²) in [5.74, 6) is -0.483. The summed E-state index contributed by atoms with van der Waals surface area (Å²) in [5.41, 5.74) is 9.58. The van der Waals surface area contributed by atoms with E-state index in [1.165, 1.54) is 0 Å². The SMILES string of the molecule is COc1cc2c(cc1OCc1cc(COc3cc4c(cc3C)C(=O)N3c5ccccc5C[C@H]3C=N4)cc(N(C)CCOCCOCCOCCOCCOCCOCCOCCOCCOCCOCCOCCOCCC(=O)ON3C(=O)CCC3=O)c1)N=C[C@@H]1Cc3ccccc3N1C2=O. The zero-order chi connectivity index (χ0) is 70.4. The van der Waals surface area contributed by atoms with Crippen molar-refractivity contribution in [3.05, 3.63) is 130 Å². The Labute approximate surface area is 588 Å². The number of aryl methyl sites for hydroxylation is 1. The summed E-state index contributed by atoms with van der Waals surface area (Å²) in [6.07, 6.45) is 5.11. The first kappa shape index (κ1) is 75.4. The Bertz CT molecular complexity index is 3580. The summed E-state index contributed by atoms with van der Waals surface area (Å²) in [6.45, 7) is 12.6. The van der Waals surface area contributed by atoms with E-state index < -0.39 is 17.8 Å². The maximum Gasteiger partial charge on any atom is 0.335 e. The number of methoxy groups -OCH3 is 1. The van der Waals surface area contributed by atoms with Crippen molar-refractivity contribution < 1.29 is 99.9 Å². The number of likely N-dealkylation sites (N-methyl/N-ethyl adjacent to an activating group) is 1. The minimum atomic E-state index is -0.709. The Kier molecular flexibility index (Phi) is 30.1. The molecule has 0 aliphatic carbocycles. The second-order valence-electron chi connectivity index (χ2n) is 24.0. The fraction of sp³-hybridized carbons (Fsp3) is 0.500. The Balaban J connectivity index is 0.544. The highest BCUT2D eigenvalue weighted by atomic mass is 16.7. The number of hydroxylamine groups is 2. The lowest BCUT2D eigenvalue weighted by Crippen LogP contribution is -2.37. The van der Waals surface area contributed by atoms with Crippen molar-refractivity contribution in [3.8, 4) is 17.2 Å². The zero-order valence-corrected chi connectivity index (χ0v) is 57.9. The predicted octanol–water partition coefficient (Wildman–Crippen LogP) is 7.37. The number of hydrogen-bond acceptors (Lipinski definition) is 24. The molecule has 27 nitrogen and oxygen atoms in total. The molecular weight excluding hydrogens is 1310 g/mol. The normalized spacial score (nSPS) is 15.7. The molecule has 0 saturated carbocycles. The maximum atomic E-state index is 14.1. The number of imide groups is 1. The molecule has 27 heteroatoms. The number of nitrogens with zero attached hydrogens (tertiary/aromatic N) is 6. The highest BCUT2D eigenvalue weighted by Gasteiger charge is 2.38. The van der Waals surface area contributed by atoms with Gasteiger partial charge in [0.05, 0.1) is 207 Å². The third kappa shape index (κ3) is 22.4. The van der Waals surface area contributed by atoms with Crippen LogP contribution >= 0.6 is 0 Å². The number of hydrogen-bond donors (Lipinski definition) is 0. The Morgan fingerprint density at radius 2 is 0.851 bits per heavy atom. The molecule has 0 N–H and O–H groups in total. The summed E-state index contributed by atoms with van der Waals surface area (Å²) in [4.78, 5) is 83.1. The van der Waals surface area contributed by atoms with E-state index in [2.05, 4.69) is 23.1 Å². The van der Waals surface area contributed by atoms with Crippen molar-refractivity contribution >= 4 is 70.5 Å². The highest BCUT2D eigenvalue weighted by molar-refractivity contribution is 6.16. The van der Waals surface area contributed by atoms with Gasteiger partial charge >= 0.3 is 5.97 Å². The van der Waals surface area contributed by atoms with Gasteiger partial charge in [-0.25, -0.2) is 4.79 Å². The van der Waals surface area contributed by atoms with Gasteiger partial charge in [0, 0.05) is 80.9 Å². The summed E-state index contributed by atoms with van der Waals surface area (Å²) >= 11 is 0. The molecule has 0 unspecified atom stereocenters. The number of fused-ring (bicyclic) bond motifs is 8. The number of para-hydroxylation sites is 2. The van der Waals surface area contributed by atoms with Gasteiger partial charge in [0.15, 0.2) is 11.5 Å². The van der Waals surface area contributed by atoms with Gasteiger partial charge in [-0.1, -0.05) is 36.4 Å². The number of carbonyl (C=O) groups excluding carboxylic acids is 5. The van der Waals surface area contributed by atoms with Crippen molar-refractivity contribution in [1.82, 2.24) is 5.06 Å². The second-order valence-corrected chi connectivity index (χ2v) is 24.0. The molecule has 5 aliphatic rings. The van der Waals surface area contributed by atoms with Crippen LogP contribution < -0.4 is 28.9 Å². The molecular formula is C74H92N6O21. The lowest BCUT2D eigenvalue weighted by atomic mass is 10.1. The van der Waals surface area contributed by atoms with Crippen LogP contribution in [0.2, 0.25) is 0 Å². The molecule has 0 spiro atoms. The number of ether oxygens (including phenoxy) is 15. The molecule has 1 saturated heterocycles. The Hall–Kier alpha value is -8.29. The second kappa shape index (κ2) is 40.4. The van der Waals surface area contributed by atoms with Gasteiger partial charge in [-0.15, -0.1) is 5.06 Å². The third-order valence-electron chi connectivity index (χ3n) is 16.8. The van der Waals surface area contributed by atoms with Crippen molar-refractivity contribution in [1.29, 1.82) is 0 Å². The molecule has 1 fully saturated rings. The average Bonchev–Trinajstić information content (AvgIpc) is 1.62. The summed E-state index contributed by atoms with van der Waals surface area (Å²) < 4.78 is 85.9. The molecule has 0 bridgehead atoms. The van der Waals surface area contributed by atoms with Crippen LogP contribution in [0.3, 0.4) is 0 Å². The van der Waals surface area contributed by atoms with E-state index in [0.717, 1.165) is 44.9 Å². The van der Waals surface area contributed by atoms with Crippen LogP contribution in [0.4, 0.5) is 28.4 Å². The first-order valence-electron chi connectivity index (χ1n) is 34.4. The fourth-order valence-electron chi connectivity index (χ4n) is 11.7. The fourth-order valence-corrected chi connectivity index (χ4v) is 11.7. The first-order chi connectivity index (χ1) is 49.5. The molecule has 5 heterocycles. The smallest absolute Gasteiger partial charge is 0.335 e. The number of carbonyl (C=O) groups is 5. The van der Waals surface area contributed by atoms with E-state index in [4.69, 9.17) is 85.9 Å². The zero-order valence-electron chi connectivity index (χ0n) is 57.9. The van der Waals surface area contributed by atoms with Gasteiger partial charge in [0.25, 0.3) is 23.6 Å². The molecule has 4 amide bonds. The quantitative estimate of drug-likeness (QED) is 0.0271. The van der Waals surface area contributed by atoms with E-state index in [9.17, 15) is 24.0 Å². The Morgan fingerprint density at radius 1 is 0.465 bits per heavy atom. The van der Waals surface area contributed by atoms with Gasteiger partial charge in [-0.2, -0.15) is 0 Å². The van der Waals surface area contributed by atoms with Crippen LogP contribution in [-0.4, -0.2) is 238 Å². The van der Waals surface area contributed by atoms with E-state index >= 15 is 0 Å². The minimum Gasteiger partial charge on any atom is -0.493 e. The number of amides is 4.